The molecule has 132 valence electrons. The van der Waals surface area contributed by atoms with Crippen LogP contribution < -0.4 is 10.2 Å². The molecule has 0 saturated heterocycles. The van der Waals surface area contributed by atoms with Gasteiger partial charge in [-0.3, -0.25) is 15.7 Å². The van der Waals surface area contributed by atoms with Gasteiger partial charge in [-0.1, -0.05) is 49.4 Å². The van der Waals surface area contributed by atoms with Crippen LogP contribution in [-0.2, 0) is 13.0 Å². The lowest BCUT2D eigenvalue weighted by Crippen LogP contribution is -2.21. The molecule has 0 saturated carbocycles. The standard InChI is InChI=1S/C21H21N3O2/c1-2-16-10-12-18(13-11-16)26-21-19(9-6-14-22-21)20(24-25)23-15-17-7-4-3-5-8-17/h3-14,25H,2,15H2,1H3,(H,23,24). The zero-order valence-electron chi connectivity index (χ0n) is 14.6. The summed E-state index contributed by atoms with van der Waals surface area (Å²) in [7, 11) is 0. The van der Waals surface area contributed by atoms with Crippen molar-refractivity contribution in [2.24, 2.45) is 4.99 Å². The van der Waals surface area contributed by atoms with Gasteiger partial charge in [0, 0.05) is 6.20 Å². The first-order valence-corrected chi connectivity index (χ1v) is 8.51. The van der Waals surface area contributed by atoms with Crippen molar-refractivity contribution in [1.82, 2.24) is 10.5 Å². The number of hydroxylamine groups is 1. The monoisotopic (exact) mass is 347 g/mol. The highest BCUT2D eigenvalue weighted by atomic mass is 16.5. The zero-order chi connectivity index (χ0) is 18.2. The van der Waals surface area contributed by atoms with Crippen molar-refractivity contribution in [3.8, 4) is 11.6 Å². The van der Waals surface area contributed by atoms with Crippen molar-refractivity contribution in [3.05, 3.63) is 89.6 Å². The van der Waals surface area contributed by atoms with Crippen molar-refractivity contribution in [1.29, 1.82) is 0 Å². The number of aliphatic imine (C=N–C) groups is 1. The van der Waals surface area contributed by atoms with E-state index in [0.29, 0.717) is 29.6 Å². The molecule has 0 atom stereocenters. The summed E-state index contributed by atoms with van der Waals surface area (Å²) in [6.45, 7) is 2.54. The average molecular weight is 347 g/mol. The van der Waals surface area contributed by atoms with Gasteiger partial charge in [0.05, 0.1) is 12.1 Å². The van der Waals surface area contributed by atoms with Crippen molar-refractivity contribution >= 4 is 5.84 Å². The number of ether oxygens (including phenoxy) is 1. The SMILES string of the molecule is CCc1ccc(Oc2ncccc2C(=NCc2ccccc2)NO)cc1. The molecule has 0 unspecified atom stereocenters. The van der Waals surface area contributed by atoms with Crippen LogP contribution in [0, 0.1) is 0 Å². The summed E-state index contributed by atoms with van der Waals surface area (Å²) in [5.41, 5.74) is 5.03. The molecule has 0 aliphatic carbocycles. The quantitative estimate of drug-likeness (QED) is 0.395. The molecule has 5 heteroatoms. The first-order chi connectivity index (χ1) is 12.8. The molecule has 0 amide bonds. The number of hydrogen-bond acceptors (Lipinski definition) is 4. The van der Waals surface area contributed by atoms with E-state index in [1.807, 2.05) is 54.6 Å². The second-order valence-corrected chi connectivity index (χ2v) is 5.72. The lowest BCUT2D eigenvalue weighted by Gasteiger charge is -2.11. The molecule has 2 aromatic carbocycles. The van der Waals surface area contributed by atoms with Gasteiger partial charge in [-0.2, -0.15) is 0 Å². The van der Waals surface area contributed by atoms with E-state index in [9.17, 15) is 5.21 Å². The Kier molecular flexibility index (Phi) is 5.96. The van der Waals surface area contributed by atoms with E-state index in [2.05, 4.69) is 22.4 Å². The Hall–Kier alpha value is -3.18. The molecule has 1 aromatic heterocycles. The van der Waals surface area contributed by atoms with Gasteiger partial charge >= 0.3 is 0 Å². The molecule has 0 radical (unpaired) electrons. The Bertz CT molecular complexity index is 862. The molecule has 5 nitrogen and oxygen atoms in total. The predicted octanol–water partition coefficient (Wildman–Crippen LogP) is 4.36. The fraction of sp³-hybridized carbons (Fsp3) is 0.143. The normalized spacial score (nSPS) is 11.2. The summed E-state index contributed by atoms with van der Waals surface area (Å²) < 4.78 is 5.90. The van der Waals surface area contributed by atoms with E-state index in [-0.39, 0.29) is 0 Å². The number of hydrogen-bond donors (Lipinski definition) is 2. The number of aryl methyl sites for hydroxylation is 1. The van der Waals surface area contributed by atoms with Gasteiger partial charge in [0.25, 0.3) is 0 Å². The fourth-order valence-electron chi connectivity index (χ4n) is 2.49. The van der Waals surface area contributed by atoms with Gasteiger partial charge in [0.15, 0.2) is 5.84 Å². The summed E-state index contributed by atoms with van der Waals surface area (Å²) >= 11 is 0. The summed E-state index contributed by atoms with van der Waals surface area (Å²) in [6.07, 6.45) is 2.62. The Balaban J connectivity index is 1.84. The summed E-state index contributed by atoms with van der Waals surface area (Å²) in [5.74, 6) is 1.37. The smallest absolute Gasteiger partial charge is 0.230 e. The molecule has 2 N–H and O–H groups in total. The average Bonchev–Trinajstić information content (AvgIpc) is 2.71. The maximum absolute atomic E-state index is 9.55. The highest BCUT2D eigenvalue weighted by molar-refractivity contribution is 6.00. The first-order valence-electron chi connectivity index (χ1n) is 8.51. The van der Waals surface area contributed by atoms with Crippen LogP contribution in [0.25, 0.3) is 0 Å². The van der Waals surface area contributed by atoms with Crippen LogP contribution in [0.3, 0.4) is 0 Å². The predicted molar refractivity (Wildman–Crippen MR) is 102 cm³/mol. The summed E-state index contributed by atoms with van der Waals surface area (Å²) in [4.78, 5) is 8.73. The van der Waals surface area contributed by atoms with Gasteiger partial charge in [-0.05, 0) is 41.8 Å². The Morgan fingerprint density at radius 1 is 1.00 bits per heavy atom. The first kappa shape index (κ1) is 17.6. The highest BCUT2D eigenvalue weighted by Gasteiger charge is 2.12. The minimum Gasteiger partial charge on any atom is -0.438 e. The van der Waals surface area contributed by atoms with E-state index >= 15 is 0 Å². The molecule has 1 heterocycles. The fourth-order valence-corrected chi connectivity index (χ4v) is 2.49. The molecule has 3 rings (SSSR count). The third kappa shape index (κ3) is 4.46. The minimum atomic E-state index is 0.308. The number of nitrogens with one attached hydrogen (secondary N) is 1. The molecule has 0 spiro atoms. The Morgan fingerprint density at radius 3 is 2.46 bits per heavy atom. The van der Waals surface area contributed by atoms with E-state index < -0.39 is 0 Å². The van der Waals surface area contributed by atoms with Crippen LogP contribution in [0.5, 0.6) is 11.6 Å². The van der Waals surface area contributed by atoms with E-state index in [1.165, 1.54) is 5.56 Å². The van der Waals surface area contributed by atoms with Gasteiger partial charge < -0.3 is 4.74 Å². The number of amidine groups is 1. The number of rotatable bonds is 6. The molecule has 0 aliphatic heterocycles. The molecule has 0 bridgehead atoms. The second-order valence-electron chi connectivity index (χ2n) is 5.72. The zero-order valence-corrected chi connectivity index (χ0v) is 14.6. The van der Waals surface area contributed by atoms with Crippen LogP contribution in [0.4, 0.5) is 0 Å². The topological polar surface area (TPSA) is 66.7 Å². The lowest BCUT2D eigenvalue weighted by atomic mass is 10.2. The van der Waals surface area contributed by atoms with Crippen molar-refractivity contribution in [2.45, 2.75) is 19.9 Å². The van der Waals surface area contributed by atoms with Gasteiger partial charge in [0.1, 0.15) is 5.75 Å². The van der Waals surface area contributed by atoms with Gasteiger partial charge in [0.2, 0.25) is 5.88 Å². The largest absolute Gasteiger partial charge is 0.438 e. The van der Waals surface area contributed by atoms with Crippen molar-refractivity contribution < 1.29 is 9.94 Å². The number of nitrogens with zero attached hydrogens (tertiary/aromatic N) is 2. The molecule has 26 heavy (non-hydrogen) atoms. The number of pyridine rings is 1. The maximum atomic E-state index is 9.55. The lowest BCUT2D eigenvalue weighted by molar-refractivity contribution is 0.234. The van der Waals surface area contributed by atoms with Crippen LogP contribution in [-0.4, -0.2) is 16.0 Å². The van der Waals surface area contributed by atoms with Crippen LogP contribution in [0.15, 0.2) is 77.9 Å². The molecule has 3 aromatic rings. The maximum Gasteiger partial charge on any atom is 0.230 e. The molecule has 0 fully saturated rings. The van der Waals surface area contributed by atoms with Crippen molar-refractivity contribution in [2.75, 3.05) is 0 Å². The van der Waals surface area contributed by atoms with E-state index in [1.54, 1.807) is 18.3 Å². The highest BCUT2D eigenvalue weighted by Crippen LogP contribution is 2.23. The Morgan fingerprint density at radius 2 is 1.77 bits per heavy atom. The van der Waals surface area contributed by atoms with Crippen LogP contribution >= 0.6 is 0 Å². The minimum absolute atomic E-state index is 0.308. The van der Waals surface area contributed by atoms with Crippen LogP contribution in [0.1, 0.15) is 23.6 Å². The Labute approximate surface area is 153 Å². The molecular weight excluding hydrogens is 326 g/mol. The molecule has 0 aliphatic rings. The third-order valence-corrected chi connectivity index (χ3v) is 3.94. The summed E-state index contributed by atoms with van der Waals surface area (Å²) in [6, 6.07) is 21.3. The van der Waals surface area contributed by atoms with E-state index in [0.717, 1.165) is 12.0 Å². The molecular formula is C21H21N3O2. The van der Waals surface area contributed by atoms with Gasteiger partial charge in [-0.15, -0.1) is 0 Å². The summed E-state index contributed by atoms with van der Waals surface area (Å²) in [5, 5.41) is 9.55. The van der Waals surface area contributed by atoms with Gasteiger partial charge in [-0.25, -0.2) is 4.98 Å². The second kappa shape index (κ2) is 8.78. The van der Waals surface area contributed by atoms with E-state index in [4.69, 9.17) is 4.74 Å². The number of aromatic nitrogens is 1. The van der Waals surface area contributed by atoms with Crippen molar-refractivity contribution in [3.63, 3.8) is 0 Å². The van der Waals surface area contributed by atoms with Crippen LogP contribution in [0.2, 0.25) is 0 Å². The number of benzene rings is 2. The third-order valence-electron chi connectivity index (χ3n) is 3.94.